The summed E-state index contributed by atoms with van der Waals surface area (Å²) >= 11 is 1.41. The third-order valence-electron chi connectivity index (χ3n) is 11.8. The van der Waals surface area contributed by atoms with E-state index in [-0.39, 0.29) is 75.8 Å². The number of rotatable bonds is 32. The van der Waals surface area contributed by atoms with Crippen LogP contribution in [0.5, 0.6) is 0 Å². The van der Waals surface area contributed by atoms with Crippen molar-refractivity contribution in [1.29, 1.82) is 0 Å². The van der Waals surface area contributed by atoms with Crippen LogP contribution in [0.2, 0.25) is 0 Å². The molecule has 0 radical (unpaired) electrons. The normalized spacial score (nSPS) is 16.9. The Bertz CT molecular complexity index is 1860. The van der Waals surface area contributed by atoms with Gasteiger partial charge in [-0.3, -0.25) is 38.6 Å². The van der Waals surface area contributed by atoms with E-state index in [0.29, 0.717) is 38.0 Å². The predicted octanol–water partition coefficient (Wildman–Crippen LogP) is -1.44. The quantitative estimate of drug-likeness (QED) is 0.0224. The van der Waals surface area contributed by atoms with Crippen LogP contribution in [-0.2, 0) is 44.8 Å². The number of nitrogens with zero attached hydrogens (tertiary/aromatic N) is 2. The van der Waals surface area contributed by atoms with Crippen LogP contribution in [0.25, 0.3) is 0 Å². The predicted molar refractivity (Wildman–Crippen MR) is 264 cm³/mol. The number of aliphatic carboxylic acids is 1. The van der Waals surface area contributed by atoms with Crippen molar-refractivity contribution in [3.63, 3.8) is 0 Å². The Hall–Kier alpha value is -5.52. The fraction of sp³-hybridized carbons (Fsp3) is 0.674. The molecular formula is C46H78N12O10S. The molecule has 0 aliphatic carbocycles. The minimum absolute atomic E-state index is 0.00497. The topological polar surface area (TPSA) is 369 Å². The van der Waals surface area contributed by atoms with E-state index in [1.807, 2.05) is 52.1 Å². The fourth-order valence-electron chi connectivity index (χ4n) is 7.62. The van der Waals surface area contributed by atoms with Crippen molar-refractivity contribution < 1.29 is 48.6 Å². The zero-order valence-electron chi connectivity index (χ0n) is 40.7. The molecule has 1 fully saturated rings. The monoisotopic (exact) mass is 991 g/mol. The van der Waals surface area contributed by atoms with Crippen molar-refractivity contribution in [2.45, 2.75) is 147 Å². The smallest absolute Gasteiger partial charge is 0.328 e. The third kappa shape index (κ3) is 20.9. The number of carboxylic acids is 1. The number of guanidine groups is 1. The second-order valence-electron chi connectivity index (χ2n) is 17.8. The number of nitrogens with one attached hydrogen (secondary N) is 6. The van der Waals surface area contributed by atoms with Gasteiger partial charge in [-0.25, -0.2) is 4.79 Å². The molecule has 0 spiro atoms. The molecule has 69 heavy (non-hydrogen) atoms. The second-order valence-corrected chi connectivity index (χ2v) is 18.8. The van der Waals surface area contributed by atoms with Crippen LogP contribution in [0.3, 0.4) is 0 Å². The molecular weight excluding hydrogens is 913 g/mol. The average Bonchev–Trinajstić information content (AvgIpc) is 3.81. The summed E-state index contributed by atoms with van der Waals surface area (Å²) in [7, 11) is 0. The SMILES string of the molecule is CC[C@H](C)[C@H](N)C(=O)N[C@@H](Cc1ccccc1)C(=O)N[C@@H](CC(C)C)C(=O)N[C@@H](CCCCN)C(=O)N[C@@H](CCCN=C(N)N)C(=O)N[C@@H](CCSC)C(=O)N1CCC[C@H]1C(=O)N[C@@H](CO)C(=O)O. The minimum Gasteiger partial charge on any atom is -0.480 e. The number of amides is 7. The lowest BCUT2D eigenvalue weighted by Gasteiger charge is -2.30. The lowest BCUT2D eigenvalue weighted by atomic mass is 9.97. The van der Waals surface area contributed by atoms with Gasteiger partial charge >= 0.3 is 5.97 Å². The van der Waals surface area contributed by atoms with Crippen molar-refractivity contribution in [1.82, 2.24) is 36.8 Å². The lowest BCUT2D eigenvalue weighted by molar-refractivity contribution is -0.145. The lowest BCUT2D eigenvalue weighted by Crippen LogP contribution is -2.60. The van der Waals surface area contributed by atoms with E-state index in [1.54, 1.807) is 12.1 Å². The number of hydrogen-bond donors (Lipinski definition) is 12. The zero-order chi connectivity index (χ0) is 51.6. The Morgan fingerprint density at radius 3 is 1.88 bits per heavy atom. The molecule has 1 aromatic rings. The summed E-state index contributed by atoms with van der Waals surface area (Å²) < 4.78 is 0. The molecule has 0 unspecified atom stereocenters. The second kappa shape index (κ2) is 31.6. The molecule has 1 heterocycles. The van der Waals surface area contributed by atoms with Crippen LogP contribution >= 0.6 is 11.8 Å². The van der Waals surface area contributed by atoms with Gasteiger partial charge in [-0.15, -0.1) is 0 Å². The molecule has 0 aromatic heterocycles. The number of carboxylic acid groups (broad SMARTS) is 1. The van der Waals surface area contributed by atoms with Gasteiger partial charge in [0.15, 0.2) is 5.96 Å². The van der Waals surface area contributed by atoms with E-state index >= 15 is 0 Å². The van der Waals surface area contributed by atoms with Crippen molar-refractivity contribution in [2.24, 2.45) is 39.8 Å². The first-order valence-electron chi connectivity index (χ1n) is 23.8. The summed E-state index contributed by atoms with van der Waals surface area (Å²) in [4.78, 5) is 114. The molecule has 23 heteroatoms. The molecule has 9 atom stereocenters. The number of thioether (sulfide) groups is 1. The molecule has 0 bridgehead atoms. The number of benzene rings is 1. The number of aliphatic hydroxyl groups excluding tert-OH is 1. The number of likely N-dealkylation sites (tertiary alicyclic amines) is 1. The molecule has 0 saturated carbocycles. The fourth-order valence-corrected chi connectivity index (χ4v) is 8.09. The number of nitrogens with two attached hydrogens (primary N) is 4. The summed E-state index contributed by atoms with van der Waals surface area (Å²) in [5, 5.41) is 35.0. The largest absolute Gasteiger partial charge is 0.480 e. The minimum atomic E-state index is -1.58. The summed E-state index contributed by atoms with van der Waals surface area (Å²) in [6.07, 6.45) is 4.70. The van der Waals surface area contributed by atoms with Gasteiger partial charge in [-0.2, -0.15) is 11.8 Å². The highest BCUT2D eigenvalue weighted by Crippen LogP contribution is 2.21. The van der Waals surface area contributed by atoms with Crippen molar-refractivity contribution in [3.8, 4) is 0 Å². The van der Waals surface area contributed by atoms with Gasteiger partial charge in [-0.05, 0) is 93.7 Å². The Kier molecular flexibility index (Phi) is 27.3. The molecule has 388 valence electrons. The molecule has 1 saturated heterocycles. The maximum atomic E-state index is 14.3. The molecule has 1 aliphatic heterocycles. The number of carbonyl (C=O) groups is 8. The Morgan fingerprint density at radius 2 is 1.33 bits per heavy atom. The van der Waals surface area contributed by atoms with E-state index in [2.05, 4.69) is 36.9 Å². The third-order valence-corrected chi connectivity index (χ3v) is 12.5. The van der Waals surface area contributed by atoms with Gasteiger partial charge in [0.25, 0.3) is 0 Å². The molecule has 2 rings (SSSR count). The number of carbonyl (C=O) groups excluding carboxylic acids is 7. The molecule has 1 aromatic carbocycles. The van der Waals surface area contributed by atoms with Crippen LogP contribution in [0.15, 0.2) is 35.3 Å². The Morgan fingerprint density at radius 1 is 0.768 bits per heavy atom. The van der Waals surface area contributed by atoms with Crippen LogP contribution in [0.1, 0.15) is 97.5 Å². The van der Waals surface area contributed by atoms with Crippen molar-refractivity contribution in [3.05, 3.63) is 35.9 Å². The van der Waals surface area contributed by atoms with Crippen molar-refractivity contribution in [2.75, 3.05) is 38.2 Å². The first-order valence-corrected chi connectivity index (χ1v) is 25.2. The van der Waals surface area contributed by atoms with Crippen LogP contribution in [0.4, 0.5) is 0 Å². The average molecular weight is 991 g/mol. The van der Waals surface area contributed by atoms with Gasteiger partial charge in [0, 0.05) is 19.5 Å². The highest BCUT2D eigenvalue weighted by atomic mass is 32.2. The first kappa shape index (κ1) is 59.6. The van der Waals surface area contributed by atoms with E-state index in [9.17, 15) is 48.6 Å². The van der Waals surface area contributed by atoms with E-state index in [0.717, 1.165) is 5.56 Å². The maximum Gasteiger partial charge on any atom is 0.328 e. The van der Waals surface area contributed by atoms with E-state index in [1.165, 1.54) is 16.7 Å². The molecule has 7 amide bonds. The highest BCUT2D eigenvalue weighted by Gasteiger charge is 2.40. The van der Waals surface area contributed by atoms with E-state index in [4.69, 9.17) is 22.9 Å². The highest BCUT2D eigenvalue weighted by molar-refractivity contribution is 7.98. The summed E-state index contributed by atoms with van der Waals surface area (Å²) in [6.45, 7) is 7.14. The van der Waals surface area contributed by atoms with Gasteiger partial charge in [-0.1, -0.05) is 64.4 Å². The van der Waals surface area contributed by atoms with Gasteiger partial charge < -0.3 is 69.9 Å². The maximum absolute atomic E-state index is 14.3. The standard InChI is InChI=1S/C46H78N12O10S/c1-6-28(4)37(48)43(65)56-34(25-29-14-8-7-9-15-29)41(63)55-33(24-27(2)3)40(62)53-30(16-10-11-20-47)38(60)52-31(17-12-21-51-46(49)50)39(61)54-32(19-23-69-5)44(66)58-22-13-18-36(58)42(64)57-35(26-59)45(67)68/h7-9,14-15,27-28,30-37,59H,6,10-13,16-26,47-48H2,1-5H3,(H,52,60)(H,53,62)(H,54,61)(H,55,63)(H,56,65)(H,57,64)(H,67,68)(H4,49,50,51)/t28-,30-,31-,32-,33-,34-,35-,36-,37-/m0/s1. The van der Waals surface area contributed by atoms with Gasteiger partial charge in [0.2, 0.25) is 41.4 Å². The number of aliphatic hydroxyl groups is 1. The number of unbranched alkanes of at least 4 members (excludes halogenated alkanes) is 1. The summed E-state index contributed by atoms with van der Waals surface area (Å²) in [6, 6.07) is -0.386. The van der Waals surface area contributed by atoms with Gasteiger partial charge in [0.05, 0.1) is 12.6 Å². The first-order chi connectivity index (χ1) is 32.8. The van der Waals surface area contributed by atoms with Crippen LogP contribution in [-0.4, -0.2) is 155 Å². The van der Waals surface area contributed by atoms with Gasteiger partial charge in [0.1, 0.15) is 42.3 Å². The number of aliphatic imine (C=N–C) groups is 1. The molecule has 16 N–H and O–H groups in total. The Balaban J connectivity index is 2.44. The van der Waals surface area contributed by atoms with E-state index < -0.39 is 102 Å². The summed E-state index contributed by atoms with van der Waals surface area (Å²) in [5.41, 5.74) is 23.8. The van der Waals surface area contributed by atoms with Crippen molar-refractivity contribution >= 4 is 65.0 Å². The van der Waals surface area contributed by atoms with Crippen LogP contribution in [0, 0.1) is 11.8 Å². The Labute approximate surface area is 409 Å². The number of hydrogen-bond acceptors (Lipinski definition) is 13. The molecule has 22 nitrogen and oxygen atoms in total. The summed E-state index contributed by atoms with van der Waals surface area (Å²) in [5.74, 6) is -6.15. The molecule has 1 aliphatic rings. The zero-order valence-corrected chi connectivity index (χ0v) is 41.6. The van der Waals surface area contributed by atoms with Crippen LogP contribution < -0.4 is 54.8 Å².